The van der Waals surface area contributed by atoms with Crippen LogP contribution in [-0.2, 0) is 6.54 Å². The predicted octanol–water partition coefficient (Wildman–Crippen LogP) is 1.91. The lowest BCUT2D eigenvalue weighted by molar-refractivity contribution is 0.990. The first kappa shape index (κ1) is 11.5. The molecule has 19 heavy (non-hydrogen) atoms. The van der Waals surface area contributed by atoms with E-state index < -0.39 is 0 Å². The highest BCUT2D eigenvalue weighted by molar-refractivity contribution is 5.44. The third-order valence-electron chi connectivity index (χ3n) is 2.93. The Hall–Kier alpha value is -2.63. The van der Waals surface area contributed by atoms with Gasteiger partial charge in [-0.15, -0.1) is 0 Å². The number of imidazole rings is 1. The van der Waals surface area contributed by atoms with E-state index in [4.69, 9.17) is 0 Å². The van der Waals surface area contributed by atoms with E-state index in [0.29, 0.717) is 0 Å². The summed E-state index contributed by atoms with van der Waals surface area (Å²) in [5.41, 5.74) is 3.21. The molecule has 6 heteroatoms. The number of nitrogens with one attached hydrogen (secondary N) is 2. The molecule has 0 atom stereocenters. The largest absolute Gasteiger partial charge is 0.380 e. The molecule has 0 aliphatic heterocycles. The molecule has 2 N–H and O–H groups in total. The van der Waals surface area contributed by atoms with Crippen LogP contribution in [0.5, 0.6) is 0 Å². The summed E-state index contributed by atoms with van der Waals surface area (Å²) in [5, 5.41) is 10.2. The highest BCUT2D eigenvalue weighted by Crippen LogP contribution is 2.11. The zero-order valence-electron chi connectivity index (χ0n) is 10.5. The number of aryl methyl sites for hydroxylation is 1. The Kier molecular flexibility index (Phi) is 2.97. The van der Waals surface area contributed by atoms with E-state index in [-0.39, 0.29) is 0 Å². The monoisotopic (exact) mass is 254 g/mol. The first-order chi connectivity index (χ1) is 9.33. The Morgan fingerprint density at radius 1 is 1.32 bits per heavy atom. The van der Waals surface area contributed by atoms with Gasteiger partial charge in [0.05, 0.1) is 18.1 Å². The van der Waals surface area contributed by atoms with Crippen LogP contribution in [-0.4, -0.2) is 24.7 Å². The van der Waals surface area contributed by atoms with Crippen molar-refractivity contribution in [2.45, 2.75) is 13.5 Å². The molecule has 3 aromatic rings. The fourth-order valence-corrected chi connectivity index (χ4v) is 1.79. The second-order valence-corrected chi connectivity index (χ2v) is 4.25. The topological polar surface area (TPSA) is 71.4 Å². The number of hydrogen-bond donors (Lipinski definition) is 2. The Bertz CT molecular complexity index is 638. The Balaban J connectivity index is 1.68. The lowest BCUT2D eigenvalue weighted by atomic mass is 10.2. The third kappa shape index (κ3) is 2.47. The standard InChI is InChI=1S/C13H14N6/c1-10-11(7-17-18-10)6-15-12-2-3-13(16-8-12)19-5-4-14-9-19/h2-5,7-9,15H,6H2,1H3,(H,17,18). The summed E-state index contributed by atoms with van der Waals surface area (Å²) < 4.78 is 1.87. The van der Waals surface area contributed by atoms with Crippen molar-refractivity contribution in [2.24, 2.45) is 0 Å². The second kappa shape index (κ2) is 4.93. The van der Waals surface area contributed by atoms with Gasteiger partial charge in [-0.3, -0.25) is 9.67 Å². The molecule has 0 bridgehead atoms. The van der Waals surface area contributed by atoms with Crippen LogP contribution in [0.1, 0.15) is 11.3 Å². The summed E-state index contributed by atoms with van der Waals surface area (Å²) in [5.74, 6) is 0.850. The van der Waals surface area contributed by atoms with Crippen molar-refractivity contribution < 1.29 is 0 Å². The summed E-state index contributed by atoms with van der Waals surface area (Å²) in [4.78, 5) is 8.38. The Morgan fingerprint density at radius 3 is 2.89 bits per heavy atom. The van der Waals surface area contributed by atoms with Crippen molar-refractivity contribution in [3.8, 4) is 5.82 Å². The van der Waals surface area contributed by atoms with E-state index >= 15 is 0 Å². The quantitative estimate of drug-likeness (QED) is 0.746. The van der Waals surface area contributed by atoms with Crippen molar-refractivity contribution >= 4 is 5.69 Å². The van der Waals surface area contributed by atoms with Crippen LogP contribution in [0.4, 0.5) is 5.69 Å². The molecule has 0 unspecified atom stereocenters. The van der Waals surface area contributed by atoms with Gasteiger partial charge in [-0.05, 0) is 19.1 Å². The highest BCUT2D eigenvalue weighted by atomic mass is 15.1. The Morgan fingerprint density at radius 2 is 2.26 bits per heavy atom. The lowest BCUT2D eigenvalue weighted by Gasteiger charge is -2.06. The van der Waals surface area contributed by atoms with Gasteiger partial charge >= 0.3 is 0 Å². The molecule has 0 amide bonds. The van der Waals surface area contributed by atoms with Crippen molar-refractivity contribution in [1.82, 2.24) is 24.7 Å². The predicted molar refractivity (Wildman–Crippen MR) is 72.0 cm³/mol. The summed E-state index contributed by atoms with van der Waals surface area (Å²) in [6, 6.07) is 3.95. The molecule has 0 saturated carbocycles. The van der Waals surface area contributed by atoms with Crippen LogP contribution in [0.25, 0.3) is 5.82 Å². The highest BCUT2D eigenvalue weighted by Gasteiger charge is 2.01. The lowest BCUT2D eigenvalue weighted by Crippen LogP contribution is -2.01. The number of nitrogens with zero attached hydrogens (tertiary/aromatic N) is 4. The zero-order valence-corrected chi connectivity index (χ0v) is 10.5. The number of anilines is 1. The molecule has 0 radical (unpaired) electrons. The average molecular weight is 254 g/mol. The number of aromatic nitrogens is 5. The first-order valence-electron chi connectivity index (χ1n) is 6.00. The minimum atomic E-state index is 0.731. The van der Waals surface area contributed by atoms with Crippen LogP contribution in [0.3, 0.4) is 0 Å². The molecule has 0 fully saturated rings. The Labute approximate surface area is 110 Å². The maximum Gasteiger partial charge on any atom is 0.137 e. The van der Waals surface area contributed by atoms with Crippen LogP contribution in [0, 0.1) is 6.92 Å². The molecule has 0 aliphatic rings. The molecule has 3 heterocycles. The number of rotatable bonds is 4. The van der Waals surface area contributed by atoms with Gasteiger partial charge in [0.15, 0.2) is 0 Å². The number of hydrogen-bond acceptors (Lipinski definition) is 4. The van der Waals surface area contributed by atoms with Gasteiger partial charge in [0.25, 0.3) is 0 Å². The maximum atomic E-state index is 4.38. The molecule has 6 nitrogen and oxygen atoms in total. The van der Waals surface area contributed by atoms with E-state index in [9.17, 15) is 0 Å². The van der Waals surface area contributed by atoms with Crippen molar-refractivity contribution in [3.63, 3.8) is 0 Å². The smallest absolute Gasteiger partial charge is 0.137 e. The SMILES string of the molecule is Cc1[nH]ncc1CNc1ccc(-n2ccnc2)nc1. The number of aromatic amines is 1. The van der Waals surface area contributed by atoms with Gasteiger partial charge in [-0.2, -0.15) is 5.10 Å². The van der Waals surface area contributed by atoms with Gasteiger partial charge in [-0.25, -0.2) is 9.97 Å². The minimum Gasteiger partial charge on any atom is -0.380 e. The molecule has 0 saturated heterocycles. The first-order valence-corrected chi connectivity index (χ1v) is 6.00. The van der Waals surface area contributed by atoms with Crippen LogP contribution < -0.4 is 5.32 Å². The summed E-state index contributed by atoms with van der Waals surface area (Å²) in [6.07, 6.45) is 8.96. The molecule has 0 aromatic carbocycles. The molecular formula is C13H14N6. The second-order valence-electron chi connectivity index (χ2n) is 4.25. The van der Waals surface area contributed by atoms with Crippen molar-refractivity contribution in [2.75, 3.05) is 5.32 Å². The minimum absolute atomic E-state index is 0.731. The van der Waals surface area contributed by atoms with E-state index in [1.165, 1.54) is 0 Å². The maximum absolute atomic E-state index is 4.38. The normalized spacial score (nSPS) is 10.6. The third-order valence-corrected chi connectivity index (χ3v) is 2.93. The fraction of sp³-hybridized carbons (Fsp3) is 0.154. The molecule has 0 aliphatic carbocycles. The van der Waals surface area contributed by atoms with E-state index in [2.05, 4.69) is 25.5 Å². The van der Waals surface area contributed by atoms with Crippen LogP contribution in [0.15, 0.2) is 43.2 Å². The van der Waals surface area contributed by atoms with Gasteiger partial charge in [0, 0.05) is 30.2 Å². The number of pyridine rings is 1. The number of H-pyrrole nitrogens is 1. The molecule has 0 spiro atoms. The van der Waals surface area contributed by atoms with Gasteiger partial charge < -0.3 is 5.32 Å². The molecule has 3 aromatic heterocycles. The molecule has 3 rings (SSSR count). The van der Waals surface area contributed by atoms with Crippen molar-refractivity contribution in [3.05, 3.63) is 54.5 Å². The van der Waals surface area contributed by atoms with Gasteiger partial charge in [-0.1, -0.05) is 0 Å². The van der Waals surface area contributed by atoms with E-state index in [1.807, 2.05) is 42.2 Å². The van der Waals surface area contributed by atoms with E-state index in [0.717, 1.165) is 29.3 Å². The fourth-order valence-electron chi connectivity index (χ4n) is 1.79. The van der Waals surface area contributed by atoms with Gasteiger partial charge in [0.1, 0.15) is 12.1 Å². The van der Waals surface area contributed by atoms with Crippen LogP contribution >= 0.6 is 0 Å². The van der Waals surface area contributed by atoms with Crippen molar-refractivity contribution in [1.29, 1.82) is 0 Å². The molecule has 96 valence electrons. The summed E-state index contributed by atoms with van der Waals surface area (Å²) in [6.45, 7) is 2.73. The van der Waals surface area contributed by atoms with E-state index in [1.54, 1.807) is 12.5 Å². The molecular weight excluding hydrogens is 240 g/mol. The average Bonchev–Trinajstić information content (AvgIpc) is 3.09. The van der Waals surface area contributed by atoms with Crippen LogP contribution in [0.2, 0.25) is 0 Å². The van der Waals surface area contributed by atoms with Gasteiger partial charge in [0.2, 0.25) is 0 Å². The summed E-state index contributed by atoms with van der Waals surface area (Å²) >= 11 is 0. The zero-order chi connectivity index (χ0) is 13.1. The summed E-state index contributed by atoms with van der Waals surface area (Å²) in [7, 11) is 0.